The van der Waals surface area contributed by atoms with Gasteiger partial charge in [-0.3, -0.25) is 9.69 Å². The van der Waals surface area contributed by atoms with E-state index in [4.69, 9.17) is 4.74 Å². The standard InChI is InChI=1S/C30H41N5O2/c1-21-28(30(36)34-12-10-27(11-13-34)35-16-25-18-37-19-26(25)17-35)32-20-33-29(21)31-15-22-6-5-9-24(14-22)23-7-3-2-4-8-23/h2-4,7-8,20,22,24-27H,5-6,9-19H2,1H3,(H,31,32,33)/t22-,24+,25?,26?/m0/s1. The molecule has 7 nitrogen and oxygen atoms in total. The molecule has 6 rings (SSSR count). The Morgan fingerprint density at radius 2 is 1.78 bits per heavy atom. The van der Waals surface area contributed by atoms with Gasteiger partial charge in [0.05, 0.1) is 13.2 Å². The Bertz CT molecular complexity index is 1060. The molecule has 0 spiro atoms. The Labute approximate surface area is 221 Å². The highest BCUT2D eigenvalue weighted by Crippen LogP contribution is 2.36. The summed E-state index contributed by atoms with van der Waals surface area (Å²) in [6.07, 6.45) is 8.63. The van der Waals surface area contributed by atoms with E-state index >= 15 is 0 Å². The SMILES string of the molecule is Cc1c(NC[C@H]2CCC[C@@H](c3ccccc3)C2)ncnc1C(=O)N1CCC(N2CC3COCC3C2)CC1. The quantitative estimate of drug-likeness (QED) is 0.632. The Kier molecular flexibility index (Phi) is 7.43. The maximum Gasteiger partial charge on any atom is 0.272 e. The molecule has 2 aromatic rings. The number of benzene rings is 1. The third-order valence-corrected chi connectivity index (χ3v) is 9.44. The summed E-state index contributed by atoms with van der Waals surface area (Å²) in [6, 6.07) is 11.5. The molecule has 0 radical (unpaired) electrons. The number of aromatic nitrogens is 2. The number of fused-ring (bicyclic) bond motifs is 1. The summed E-state index contributed by atoms with van der Waals surface area (Å²) >= 11 is 0. The van der Waals surface area contributed by atoms with Crippen LogP contribution in [0.15, 0.2) is 36.7 Å². The number of nitrogens with zero attached hydrogens (tertiary/aromatic N) is 4. The van der Waals surface area contributed by atoms with Crippen LogP contribution in [0.1, 0.15) is 66.1 Å². The fourth-order valence-electron chi connectivity index (χ4n) is 7.19. The van der Waals surface area contributed by atoms with Crippen molar-refractivity contribution in [1.82, 2.24) is 19.8 Å². The molecule has 1 amide bonds. The van der Waals surface area contributed by atoms with Crippen LogP contribution in [-0.2, 0) is 4.74 Å². The predicted octanol–water partition coefficient (Wildman–Crippen LogP) is 4.35. The molecule has 1 N–H and O–H groups in total. The minimum atomic E-state index is 0.0508. The monoisotopic (exact) mass is 503 g/mol. The third-order valence-electron chi connectivity index (χ3n) is 9.44. The lowest BCUT2D eigenvalue weighted by Crippen LogP contribution is -2.46. The lowest BCUT2D eigenvalue weighted by molar-refractivity contribution is 0.0612. The van der Waals surface area contributed by atoms with E-state index in [1.165, 1.54) is 31.2 Å². The summed E-state index contributed by atoms with van der Waals surface area (Å²) in [6.45, 7) is 8.67. The van der Waals surface area contributed by atoms with Gasteiger partial charge in [0.25, 0.3) is 5.91 Å². The van der Waals surface area contributed by atoms with E-state index in [1.54, 1.807) is 6.33 Å². The van der Waals surface area contributed by atoms with Crippen molar-refractivity contribution in [3.8, 4) is 0 Å². The van der Waals surface area contributed by atoms with Gasteiger partial charge in [0, 0.05) is 56.2 Å². The molecule has 4 atom stereocenters. The number of hydrogen-bond acceptors (Lipinski definition) is 6. The number of anilines is 1. The molecule has 1 aromatic carbocycles. The van der Waals surface area contributed by atoms with Crippen molar-refractivity contribution in [2.75, 3.05) is 51.3 Å². The summed E-state index contributed by atoms with van der Waals surface area (Å²) in [7, 11) is 0. The molecule has 1 aromatic heterocycles. The van der Waals surface area contributed by atoms with Crippen molar-refractivity contribution >= 4 is 11.7 Å². The van der Waals surface area contributed by atoms with Crippen molar-refractivity contribution in [2.45, 2.75) is 57.4 Å². The first-order chi connectivity index (χ1) is 18.2. The van der Waals surface area contributed by atoms with E-state index in [0.29, 0.717) is 35.4 Å². The van der Waals surface area contributed by atoms with E-state index in [0.717, 1.165) is 70.2 Å². The molecule has 1 saturated carbocycles. The second kappa shape index (κ2) is 11.1. The van der Waals surface area contributed by atoms with Gasteiger partial charge in [0.1, 0.15) is 17.8 Å². The summed E-state index contributed by atoms with van der Waals surface area (Å²) < 4.78 is 5.64. The second-order valence-corrected chi connectivity index (χ2v) is 11.8. The van der Waals surface area contributed by atoms with E-state index < -0.39 is 0 Å². The van der Waals surface area contributed by atoms with Gasteiger partial charge in [0.15, 0.2) is 0 Å². The van der Waals surface area contributed by atoms with Crippen LogP contribution in [0.25, 0.3) is 0 Å². The lowest BCUT2D eigenvalue weighted by atomic mass is 9.78. The molecular weight excluding hydrogens is 462 g/mol. The predicted molar refractivity (Wildman–Crippen MR) is 145 cm³/mol. The van der Waals surface area contributed by atoms with Crippen molar-refractivity contribution in [3.63, 3.8) is 0 Å². The van der Waals surface area contributed by atoms with E-state index in [1.807, 2.05) is 11.8 Å². The number of piperidine rings is 1. The van der Waals surface area contributed by atoms with Gasteiger partial charge < -0.3 is 15.0 Å². The van der Waals surface area contributed by atoms with E-state index in [-0.39, 0.29) is 5.91 Å². The molecule has 1 aliphatic carbocycles. The maximum absolute atomic E-state index is 13.4. The van der Waals surface area contributed by atoms with Crippen LogP contribution in [0.4, 0.5) is 5.82 Å². The van der Waals surface area contributed by atoms with E-state index in [2.05, 4.69) is 50.5 Å². The molecular formula is C30H41N5O2. The normalized spacial score (nSPS) is 28.8. The lowest BCUT2D eigenvalue weighted by Gasteiger charge is -2.37. The van der Waals surface area contributed by atoms with Crippen molar-refractivity contribution in [2.24, 2.45) is 17.8 Å². The topological polar surface area (TPSA) is 70.6 Å². The van der Waals surface area contributed by atoms with Gasteiger partial charge in [0.2, 0.25) is 0 Å². The number of nitrogens with one attached hydrogen (secondary N) is 1. The van der Waals surface area contributed by atoms with Gasteiger partial charge in [-0.2, -0.15) is 0 Å². The van der Waals surface area contributed by atoms with Crippen LogP contribution in [0, 0.1) is 24.7 Å². The number of amides is 1. The zero-order valence-electron chi connectivity index (χ0n) is 22.1. The highest BCUT2D eigenvalue weighted by Gasteiger charge is 2.40. The summed E-state index contributed by atoms with van der Waals surface area (Å²) in [4.78, 5) is 27.0. The highest BCUT2D eigenvalue weighted by molar-refractivity contribution is 5.94. The summed E-state index contributed by atoms with van der Waals surface area (Å²) in [5.74, 6) is 3.54. The van der Waals surface area contributed by atoms with Crippen molar-refractivity contribution in [1.29, 1.82) is 0 Å². The third kappa shape index (κ3) is 5.39. The molecule has 7 heteroatoms. The number of carbonyl (C=O) groups is 1. The van der Waals surface area contributed by atoms with Crippen LogP contribution in [-0.4, -0.2) is 77.7 Å². The Morgan fingerprint density at radius 1 is 1.03 bits per heavy atom. The molecule has 3 saturated heterocycles. The average molecular weight is 504 g/mol. The zero-order valence-corrected chi connectivity index (χ0v) is 22.1. The molecule has 3 aliphatic heterocycles. The highest BCUT2D eigenvalue weighted by atomic mass is 16.5. The summed E-state index contributed by atoms with van der Waals surface area (Å²) in [5, 5.41) is 3.58. The molecule has 4 aliphatic rings. The molecule has 37 heavy (non-hydrogen) atoms. The second-order valence-electron chi connectivity index (χ2n) is 11.8. The molecule has 4 fully saturated rings. The van der Waals surface area contributed by atoms with Crippen LogP contribution in [0.5, 0.6) is 0 Å². The number of rotatable bonds is 6. The van der Waals surface area contributed by atoms with Gasteiger partial charge in [-0.05, 0) is 56.4 Å². The van der Waals surface area contributed by atoms with Crippen LogP contribution in [0.3, 0.4) is 0 Å². The average Bonchev–Trinajstić information content (AvgIpc) is 3.56. The van der Waals surface area contributed by atoms with Gasteiger partial charge in [-0.15, -0.1) is 0 Å². The van der Waals surface area contributed by atoms with Crippen molar-refractivity contribution in [3.05, 3.63) is 53.5 Å². The van der Waals surface area contributed by atoms with Crippen LogP contribution >= 0.6 is 0 Å². The van der Waals surface area contributed by atoms with Gasteiger partial charge in [-0.25, -0.2) is 9.97 Å². The maximum atomic E-state index is 13.4. The Hall–Kier alpha value is -2.51. The fourth-order valence-corrected chi connectivity index (χ4v) is 7.19. The molecule has 198 valence electrons. The Balaban J connectivity index is 1.03. The largest absolute Gasteiger partial charge is 0.381 e. The van der Waals surface area contributed by atoms with Crippen LogP contribution < -0.4 is 5.32 Å². The number of carbonyl (C=O) groups excluding carboxylic acids is 1. The molecule has 0 bridgehead atoms. The van der Waals surface area contributed by atoms with Crippen molar-refractivity contribution < 1.29 is 9.53 Å². The van der Waals surface area contributed by atoms with Gasteiger partial charge in [-0.1, -0.05) is 36.8 Å². The fraction of sp³-hybridized carbons (Fsp3) is 0.633. The summed E-state index contributed by atoms with van der Waals surface area (Å²) in [5.41, 5.74) is 2.88. The molecule has 4 heterocycles. The van der Waals surface area contributed by atoms with Gasteiger partial charge >= 0.3 is 0 Å². The van der Waals surface area contributed by atoms with E-state index in [9.17, 15) is 4.79 Å². The first-order valence-corrected chi connectivity index (χ1v) is 14.4. The number of ether oxygens (including phenoxy) is 1. The van der Waals surface area contributed by atoms with Crippen LogP contribution in [0.2, 0.25) is 0 Å². The minimum absolute atomic E-state index is 0.0508. The number of likely N-dealkylation sites (tertiary alicyclic amines) is 2. The smallest absolute Gasteiger partial charge is 0.272 e. The zero-order chi connectivity index (χ0) is 25.2. The minimum Gasteiger partial charge on any atom is -0.381 e. The Morgan fingerprint density at radius 3 is 2.54 bits per heavy atom. The first-order valence-electron chi connectivity index (χ1n) is 14.4. The number of hydrogen-bond donors (Lipinski definition) is 1. The first kappa shape index (κ1) is 24.8. The molecule has 2 unspecified atom stereocenters.